The first-order valence-electron chi connectivity index (χ1n) is 8.84. The van der Waals surface area contributed by atoms with Gasteiger partial charge in [-0.15, -0.1) is 0 Å². The summed E-state index contributed by atoms with van der Waals surface area (Å²) < 4.78 is 5.92. The van der Waals surface area contributed by atoms with Crippen LogP contribution >= 0.6 is 0 Å². The van der Waals surface area contributed by atoms with Gasteiger partial charge in [-0.25, -0.2) is 0 Å². The van der Waals surface area contributed by atoms with E-state index >= 15 is 0 Å². The van der Waals surface area contributed by atoms with Crippen molar-refractivity contribution in [2.24, 2.45) is 28.6 Å². The lowest BCUT2D eigenvalue weighted by Gasteiger charge is -2.47. The van der Waals surface area contributed by atoms with Gasteiger partial charge in [-0.3, -0.25) is 9.59 Å². The molecule has 0 aromatic heterocycles. The lowest BCUT2D eigenvalue weighted by molar-refractivity contribution is -0.170. The van der Waals surface area contributed by atoms with E-state index < -0.39 is 45.9 Å². The number of aliphatic carboxylic acids is 1. The molecule has 5 aliphatic rings. The van der Waals surface area contributed by atoms with Gasteiger partial charge >= 0.3 is 11.9 Å². The Balaban J connectivity index is 1.78. The number of carboxylic acids is 1. The zero-order chi connectivity index (χ0) is 18.0. The van der Waals surface area contributed by atoms with E-state index in [1.165, 1.54) is 0 Å². The summed E-state index contributed by atoms with van der Waals surface area (Å²) in [5.41, 5.74) is -3.54. The lowest BCUT2D eigenvalue weighted by Crippen LogP contribution is -2.53. The molecule has 4 bridgehead atoms. The molecule has 4 fully saturated rings. The van der Waals surface area contributed by atoms with Crippen molar-refractivity contribution >= 4 is 11.9 Å². The maximum atomic E-state index is 12.6. The molecule has 25 heavy (non-hydrogen) atoms. The molecule has 6 nitrogen and oxygen atoms in total. The van der Waals surface area contributed by atoms with E-state index in [1.54, 1.807) is 13.0 Å². The zero-order valence-electron chi connectivity index (χ0n) is 14.1. The van der Waals surface area contributed by atoms with Crippen LogP contribution in [-0.4, -0.2) is 44.6 Å². The van der Waals surface area contributed by atoms with Gasteiger partial charge in [-0.2, -0.15) is 0 Å². The summed E-state index contributed by atoms with van der Waals surface area (Å²) in [4.78, 5) is 25.0. The Morgan fingerprint density at radius 3 is 2.84 bits per heavy atom. The Labute approximate surface area is 145 Å². The molecule has 0 aromatic carbocycles. The van der Waals surface area contributed by atoms with Crippen molar-refractivity contribution in [2.45, 2.75) is 49.9 Å². The van der Waals surface area contributed by atoms with Crippen LogP contribution in [0.15, 0.2) is 24.3 Å². The highest BCUT2D eigenvalue weighted by atomic mass is 16.6. The molecule has 0 unspecified atom stereocenters. The standard InChI is InChI=1S/C19H22O6/c1-9-7-17-8-18(9,24)11(20)6-10(17)19-5-3-4-16(2,15(23)25-19)13(19)12(17)14(21)22/h3-4,10-13,20,24H,1,5-8H2,2H3,(H,21,22)/t10-,11+,12-,13-,16-,17+,18+,19-/m1/s1. The van der Waals surface area contributed by atoms with Gasteiger partial charge in [0.05, 0.1) is 17.4 Å². The highest BCUT2D eigenvalue weighted by Gasteiger charge is 2.83. The summed E-state index contributed by atoms with van der Waals surface area (Å²) >= 11 is 0. The first-order valence-corrected chi connectivity index (χ1v) is 8.84. The van der Waals surface area contributed by atoms with Crippen LogP contribution in [-0.2, 0) is 14.3 Å². The smallest absolute Gasteiger partial charge is 0.316 e. The van der Waals surface area contributed by atoms with Crippen molar-refractivity contribution in [3.05, 3.63) is 24.3 Å². The Hall–Kier alpha value is -1.66. The van der Waals surface area contributed by atoms with Gasteiger partial charge in [0.2, 0.25) is 0 Å². The van der Waals surface area contributed by atoms with Gasteiger partial charge in [0.1, 0.15) is 11.2 Å². The van der Waals surface area contributed by atoms with Crippen molar-refractivity contribution in [1.29, 1.82) is 0 Å². The number of aliphatic hydroxyl groups excluding tert-OH is 1. The number of hydrogen-bond donors (Lipinski definition) is 3. The molecule has 3 saturated carbocycles. The maximum Gasteiger partial charge on any atom is 0.316 e. The van der Waals surface area contributed by atoms with Gasteiger partial charge in [-0.1, -0.05) is 18.7 Å². The molecule has 0 aromatic rings. The number of fused-ring (bicyclic) bond motifs is 1. The van der Waals surface area contributed by atoms with Crippen LogP contribution < -0.4 is 0 Å². The first-order chi connectivity index (χ1) is 11.6. The Kier molecular flexibility index (Phi) is 2.50. The van der Waals surface area contributed by atoms with Gasteiger partial charge < -0.3 is 20.1 Å². The third-order valence-electron chi connectivity index (χ3n) is 8.06. The van der Waals surface area contributed by atoms with Gasteiger partial charge in [0, 0.05) is 18.3 Å². The number of ether oxygens (including phenoxy) is 1. The van der Waals surface area contributed by atoms with Crippen LogP contribution in [0.2, 0.25) is 0 Å². The van der Waals surface area contributed by atoms with E-state index in [0.717, 1.165) is 0 Å². The highest BCUT2D eigenvalue weighted by molar-refractivity contribution is 5.86. The molecule has 6 heteroatoms. The van der Waals surface area contributed by atoms with E-state index in [-0.39, 0.29) is 24.7 Å². The SMILES string of the molecule is C=C1C[C@]23C[C@@]1(O)[C@@H](O)C[C@H]2[C@@]12CC=C[C@@](C)(C(=O)O1)[C@H]2[C@@H]3C(=O)O. The molecule has 0 radical (unpaired) electrons. The molecule has 0 amide bonds. The molecule has 4 aliphatic carbocycles. The summed E-state index contributed by atoms with van der Waals surface area (Å²) in [6.07, 6.45) is 3.92. The maximum absolute atomic E-state index is 12.6. The normalized spacial score (nSPS) is 58.0. The van der Waals surface area contributed by atoms with Gasteiger partial charge in [-0.05, 0) is 37.2 Å². The van der Waals surface area contributed by atoms with Crippen molar-refractivity contribution in [1.82, 2.24) is 0 Å². The van der Waals surface area contributed by atoms with Crippen LogP contribution in [0.25, 0.3) is 0 Å². The molecule has 3 N–H and O–H groups in total. The van der Waals surface area contributed by atoms with Crippen molar-refractivity contribution < 1.29 is 29.6 Å². The number of carboxylic acid groups (broad SMARTS) is 1. The van der Waals surface area contributed by atoms with E-state index in [1.807, 2.05) is 6.08 Å². The summed E-state index contributed by atoms with van der Waals surface area (Å²) in [7, 11) is 0. The number of hydrogen-bond acceptors (Lipinski definition) is 5. The molecule has 134 valence electrons. The molecule has 8 atom stereocenters. The Morgan fingerprint density at radius 1 is 1.44 bits per heavy atom. The van der Waals surface area contributed by atoms with Gasteiger partial charge in [0.15, 0.2) is 0 Å². The Bertz CT molecular complexity index is 772. The Morgan fingerprint density at radius 2 is 2.16 bits per heavy atom. The zero-order valence-corrected chi connectivity index (χ0v) is 14.1. The topological polar surface area (TPSA) is 104 Å². The fraction of sp³-hybridized carbons (Fsp3) is 0.684. The third kappa shape index (κ3) is 1.36. The van der Waals surface area contributed by atoms with Crippen LogP contribution in [0, 0.1) is 28.6 Å². The molecule has 1 saturated heterocycles. The van der Waals surface area contributed by atoms with Crippen molar-refractivity contribution in [2.75, 3.05) is 0 Å². The van der Waals surface area contributed by atoms with E-state index in [9.17, 15) is 24.9 Å². The first kappa shape index (κ1) is 15.6. The third-order valence-corrected chi connectivity index (χ3v) is 8.06. The monoisotopic (exact) mass is 346 g/mol. The lowest BCUT2D eigenvalue weighted by atomic mass is 9.61. The van der Waals surface area contributed by atoms with E-state index in [2.05, 4.69) is 6.58 Å². The minimum Gasteiger partial charge on any atom is -0.481 e. The summed E-state index contributed by atoms with van der Waals surface area (Å²) in [5.74, 6) is -2.92. The van der Waals surface area contributed by atoms with Crippen molar-refractivity contribution in [3.8, 4) is 0 Å². The predicted octanol–water partition coefficient (Wildman–Crippen LogP) is 1.03. The minimum absolute atomic E-state index is 0.174. The number of carbonyl (C=O) groups excluding carboxylic acids is 1. The van der Waals surface area contributed by atoms with Crippen LogP contribution in [0.5, 0.6) is 0 Å². The molecule has 1 heterocycles. The number of aliphatic hydroxyl groups is 2. The van der Waals surface area contributed by atoms with Crippen LogP contribution in [0.3, 0.4) is 0 Å². The van der Waals surface area contributed by atoms with Crippen LogP contribution in [0.1, 0.15) is 32.6 Å². The van der Waals surface area contributed by atoms with Crippen molar-refractivity contribution in [3.63, 3.8) is 0 Å². The summed E-state index contributed by atoms with van der Waals surface area (Å²) in [6.45, 7) is 5.71. The molecule has 1 spiro atoms. The molecular weight excluding hydrogens is 324 g/mol. The second-order valence-electron chi connectivity index (χ2n) is 8.95. The largest absolute Gasteiger partial charge is 0.481 e. The second kappa shape index (κ2) is 4.01. The predicted molar refractivity (Wildman–Crippen MR) is 85.2 cm³/mol. The fourth-order valence-corrected chi connectivity index (χ4v) is 7.20. The summed E-state index contributed by atoms with van der Waals surface area (Å²) in [6, 6.07) is 0. The van der Waals surface area contributed by atoms with E-state index in [4.69, 9.17) is 4.74 Å². The average Bonchev–Trinajstić information content (AvgIpc) is 2.93. The number of carbonyl (C=O) groups is 2. The summed E-state index contributed by atoms with van der Waals surface area (Å²) in [5, 5.41) is 31.7. The average molecular weight is 346 g/mol. The van der Waals surface area contributed by atoms with E-state index in [0.29, 0.717) is 18.4 Å². The highest BCUT2D eigenvalue weighted by Crippen LogP contribution is 2.77. The molecule has 5 rings (SSSR count). The molecule has 1 aliphatic heterocycles. The number of esters is 1. The van der Waals surface area contributed by atoms with Gasteiger partial charge in [0.25, 0.3) is 0 Å². The van der Waals surface area contributed by atoms with Crippen LogP contribution in [0.4, 0.5) is 0 Å². The fourth-order valence-electron chi connectivity index (χ4n) is 7.20. The molecular formula is C19H22O6. The number of rotatable bonds is 1. The quantitative estimate of drug-likeness (QED) is 0.484. The second-order valence-corrected chi connectivity index (χ2v) is 8.95. The minimum atomic E-state index is -1.44.